The zero-order chi connectivity index (χ0) is 14.5. The number of hydrogen-bond donors (Lipinski definition) is 1. The van der Waals surface area contributed by atoms with Crippen LogP contribution >= 0.6 is 12.2 Å². The number of rotatable bonds is 5. The van der Waals surface area contributed by atoms with Crippen LogP contribution in [0.2, 0.25) is 0 Å². The van der Waals surface area contributed by atoms with Crippen LogP contribution in [-0.4, -0.2) is 42.4 Å². The monoisotopic (exact) mass is 294 g/mol. The Bertz CT molecular complexity index is 652. The summed E-state index contributed by atoms with van der Waals surface area (Å²) in [6.07, 6.45) is 3.10. The summed E-state index contributed by atoms with van der Waals surface area (Å²) in [4.78, 5) is 0. The molecule has 0 spiro atoms. The SMILES string of the molecule is COc1cc(C=Nn2cn[nH]c2=S)cc(OC)c1OC. The van der Waals surface area contributed by atoms with Gasteiger partial charge in [-0.1, -0.05) is 0 Å². The van der Waals surface area contributed by atoms with Gasteiger partial charge in [0.05, 0.1) is 27.5 Å². The van der Waals surface area contributed by atoms with Crippen LogP contribution in [-0.2, 0) is 0 Å². The second kappa shape index (κ2) is 6.20. The van der Waals surface area contributed by atoms with Crippen molar-refractivity contribution in [2.75, 3.05) is 21.3 Å². The van der Waals surface area contributed by atoms with Crippen LogP contribution in [0.5, 0.6) is 17.2 Å². The normalized spacial score (nSPS) is 10.8. The first kappa shape index (κ1) is 14.1. The standard InChI is InChI=1S/C12H14N4O3S/c1-17-9-4-8(5-10(18-2)11(9)19-3)6-14-16-7-13-15-12(16)20/h4-7H,1-3H3,(H,15,20). The van der Waals surface area contributed by atoms with E-state index in [1.807, 2.05) is 0 Å². The number of ether oxygens (including phenoxy) is 3. The predicted octanol–water partition coefficient (Wildman–Crippen LogP) is 1.85. The third kappa shape index (κ3) is 2.80. The molecule has 0 bridgehead atoms. The van der Waals surface area contributed by atoms with Crippen molar-refractivity contribution in [2.24, 2.45) is 5.10 Å². The van der Waals surface area contributed by atoms with Crippen LogP contribution in [0.3, 0.4) is 0 Å². The van der Waals surface area contributed by atoms with E-state index in [4.69, 9.17) is 26.4 Å². The maximum absolute atomic E-state index is 5.27. The van der Waals surface area contributed by atoms with Gasteiger partial charge in [-0.15, -0.1) is 0 Å². The van der Waals surface area contributed by atoms with E-state index >= 15 is 0 Å². The van der Waals surface area contributed by atoms with Crippen molar-refractivity contribution in [3.63, 3.8) is 0 Å². The highest BCUT2D eigenvalue weighted by Gasteiger charge is 2.12. The second-order valence-corrected chi connectivity index (χ2v) is 4.10. The Kier molecular flexibility index (Phi) is 4.36. The lowest BCUT2D eigenvalue weighted by Gasteiger charge is -2.12. The van der Waals surface area contributed by atoms with Crippen molar-refractivity contribution < 1.29 is 14.2 Å². The molecule has 0 aliphatic heterocycles. The number of hydrogen-bond acceptors (Lipinski definition) is 6. The number of H-pyrrole nitrogens is 1. The summed E-state index contributed by atoms with van der Waals surface area (Å²) in [5.41, 5.74) is 0.780. The summed E-state index contributed by atoms with van der Waals surface area (Å²) in [5, 5.41) is 10.6. The molecule has 1 heterocycles. The topological polar surface area (TPSA) is 73.7 Å². The Morgan fingerprint density at radius 3 is 2.30 bits per heavy atom. The number of aromatic amines is 1. The van der Waals surface area contributed by atoms with Crippen LogP contribution in [0, 0.1) is 4.77 Å². The molecule has 0 unspecified atom stereocenters. The van der Waals surface area contributed by atoms with Crippen molar-refractivity contribution in [1.82, 2.24) is 14.9 Å². The van der Waals surface area contributed by atoms with Crippen molar-refractivity contribution >= 4 is 18.4 Å². The van der Waals surface area contributed by atoms with Gasteiger partial charge in [0.15, 0.2) is 11.5 Å². The minimum Gasteiger partial charge on any atom is -0.493 e. The first-order valence-corrected chi connectivity index (χ1v) is 6.06. The molecule has 2 aromatic rings. The Labute approximate surface area is 120 Å². The molecule has 0 saturated heterocycles. The van der Waals surface area contributed by atoms with Crippen LogP contribution in [0.15, 0.2) is 23.6 Å². The maximum Gasteiger partial charge on any atom is 0.216 e. The molecule has 0 aliphatic rings. The average Bonchev–Trinajstić information content (AvgIpc) is 2.89. The van der Waals surface area contributed by atoms with E-state index in [-0.39, 0.29) is 0 Å². The summed E-state index contributed by atoms with van der Waals surface area (Å²) < 4.78 is 17.6. The first-order chi connectivity index (χ1) is 9.69. The molecule has 1 N–H and O–H groups in total. The molecule has 0 fully saturated rings. The van der Waals surface area contributed by atoms with E-state index in [0.717, 1.165) is 5.56 Å². The van der Waals surface area contributed by atoms with E-state index in [0.29, 0.717) is 22.0 Å². The summed E-state index contributed by atoms with van der Waals surface area (Å²) in [6, 6.07) is 3.57. The third-order valence-electron chi connectivity index (χ3n) is 2.55. The fraction of sp³-hybridized carbons (Fsp3) is 0.250. The number of nitrogens with zero attached hydrogens (tertiary/aromatic N) is 3. The van der Waals surface area contributed by atoms with Crippen LogP contribution in [0.1, 0.15) is 5.56 Å². The lowest BCUT2D eigenvalue weighted by Crippen LogP contribution is -1.97. The number of benzene rings is 1. The van der Waals surface area contributed by atoms with Gasteiger partial charge in [0.25, 0.3) is 0 Å². The molecule has 106 valence electrons. The molecular weight excluding hydrogens is 280 g/mol. The van der Waals surface area contributed by atoms with Crippen LogP contribution in [0.25, 0.3) is 0 Å². The Hall–Kier alpha value is -2.35. The molecule has 0 atom stereocenters. The summed E-state index contributed by atoms with van der Waals surface area (Å²) >= 11 is 5.00. The zero-order valence-electron chi connectivity index (χ0n) is 11.3. The highest BCUT2D eigenvalue weighted by molar-refractivity contribution is 7.71. The van der Waals surface area contributed by atoms with Gasteiger partial charge in [-0.05, 0) is 24.4 Å². The predicted molar refractivity (Wildman–Crippen MR) is 76.5 cm³/mol. The van der Waals surface area contributed by atoms with Crippen molar-refractivity contribution in [2.45, 2.75) is 0 Å². The fourth-order valence-electron chi connectivity index (χ4n) is 1.63. The quantitative estimate of drug-likeness (QED) is 0.673. The van der Waals surface area contributed by atoms with Gasteiger partial charge in [-0.2, -0.15) is 14.9 Å². The zero-order valence-corrected chi connectivity index (χ0v) is 12.1. The van der Waals surface area contributed by atoms with E-state index in [2.05, 4.69) is 15.3 Å². The van der Waals surface area contributed by atoms with E-state index in [9.17, 15) is 0 Å². The van der Waals surface area contributed by atoms with Gasteiger partial charge in [0, 0.05) is 5.56 Å². The molecule has 7 nitrogen and oxygen atoms in total. The van der Waals surface area contributed by atoms with Gasteiger partial charge in [0.1, 0.15) is 6.33 Å². The molecule has 2 rings (SSSR count). The van der Waals surface area contributed by atoms with Gasteiger partial charge in [0.2, 0.25) is 10.5 Å². The van der Waals surface area contributed by atoms with Gasteiger partial charge < -0.3 is 14.2 Å². The van der Waals surface area contributed by atoms with Crippen molar-refractivity contribution in [3.8, 4) is 17.2 Å². The summed E-state index contributed by atoms with van der Waals surface area (Å²) in [5.74, 6) is 1.65. The molecule has 0 aliphatic carbocycles. The minimum absolute atomic E-state index is 0.411. The maximum atomic E-state index is 5.27. The van der Waals surface area contributed by atoms with E-state index in [1.165, 1.54) is 11.0 Å². The second-order valence-electron chi connectivity index (χ2n) is 3.71. The highest BCUT2D eigenvalue weighted by atomic mass is 32.1. The number of methoxy groups -OCH3 is 3. The van der Waals surface area contributed by atoms with Crippen molar-refractivity contribution in [3.05, 3.63) is 28.8 Å². The number of nitrogens with one attached hydrogen (secondary N) is 1. The molecule has 0 saturated carbocycles. The van der Waals surface area contributed by atoms with Crippen LogP contribution < -0.4 is 14.2 Å². The largest absolute Gasteiger partial charge is 0.493 e. The highest BCUT2D eigenvalue weighted by Crippen LogP contribution is 2.37. The number of aromatic nitrogens is 3. The molecule has 0 amide bonds. The summed E-state index contributed by atoms with van der Waals surface area (Å²) in [7, 11) is 4.67. The molecule has 0 radical (unpaired) electrons. The Morgan fingerprint density at radius 1 is 1.20 bits per heavy atom. The molecule has 20 heavy (non-hydrogen) atoms. The first-order valence-electron chi connectivity index (χ1n) is 5.66. The summed E-state index contributed by atoms with van der Waals surface area (Å²) in [6.45, 7) is 0. The molecule has 1 aromatic carbocycles. The van der Waals surface area contributed by atoms with E-state index in [1.54, 1.807) is 39.7 Å². The molecule has 8 heteroatoms. The van der Waals surface area contributed by atoms with Crippen molar-refractivity contribution in [1.29, 1.82) is 0 Å². The Morgan fingerprint density at radius 2 is 1.85 bits per heavy atom. The van der Waals surface area contributed by atoms with E-state index < -0.39 is 0 Å². The average molecular weight is 294 g/mol. The fourth-order valence-corrected chi connectivity index (χ4v) is 1.78. The van der Waals surface area contributed by atoms with Gasteiger partial charge >= 0.3 is 0 Å². The lowest BCUT2D eigenvalue weighted by molar-refractivity contribution is 0.324. The minimum atomic E-state index is 0.411. The van der Waals surface area contributed by atoms with Gasteiger partial charge in [-0.3, -0.25) is 5.10 Å². The Balaban J connectivity index is 2.40. The van der Waals surface area contributed by atoms with Gasteiger partial charge in [-0.25, -0.2) is 0 Å². The molecular formula is C12H14N4O3S. The van der Waals surface area contributed by atoms with Crippen LogP contribution in [0.4, 0.5) is 0 Å². The smallest absolute Gasteiger partial charge is 0.216 e. The molecule has 1 aromatic heterocycles. The lowest BCUT2D eigenvalue weighted by atomic mass is 10.2. The third-order valence-corrected chi connectivity index (χ3v) is 2.83.